The Morgan fingerprint density at radius 2 is 2.10 bits per heavy atom. The second-order valence-corrected chi connectivity index (χ2v) is 6.24. The minimum absolute atomic E-state index is 0.148. The number of hydrogen-bond acceptors (Lipinski definition) is 3. The van der Waals surface area contributed by atoms with Crippen LogP contribution in [0.4, 0.5) is 0 Å². The van der Waals surface area contributed by atoms with Crippen LogP contribution in [-0.2, 0) is 17.6 Å². The van der Waals surface area contributed by atoms with E-state index in [1.807, 2.05) is 6.92 Å². The summed E-state index contributed by atoms with van der Waals surface area (Å²) in [4.78, 5) is 0. The SMILES string of the molecule is CCCOc1ccc(CCOCC2CC2)cc1CC(C)N. The van der Waals surface area contributed by atoms with Gasteiger partial charge in [0.1, 0.15) is 5.75 Å². The first-order valence-electron chi connectivity index (χ1n) is 8.27. The normalized spacial score (nSPS) is 16.0. The highest BCUT2D eigenvalue weighted by atomic mass is 16.5. The van der Waals surface area contributed by atoms with Crippen molar-refractivity contribution in [1.82, 2.24) is 0 Å². The molecule has 1 aromatic rings. The maximum Gasteiger partial charge on any atom is 0.122 e. The van der Waals surface area contributed by atoms with Crippen LogP contribution < -0.4 is 10.5 Å². The molecule has 1 saturated carbocycles. The van der Waals surface area contributed by atoms with E-state index in [4.69, 9.17) is 15.2 Å². The second kappa shape index (κ2) is 8.40. The van der Waals surface area contributed by atoms with Crippen molar-refractivity contribution in [3.05, 3.63) is 29.3 Å². The highest BCUT2D eigenvalue weighted by molar-refractivity contribution is 5.38. The molecule has 0 aliphatic heterocycles. The van der Waals surface area contributed by atoms with E-state index in [0.717, 1.165) is 50.8 Å². The smallest absolute Gasteiger partial charge is 0.122 e. The Hall–Kier alpha value is -1.06. The molecular weight excluding hydrogens is 262 g/mol. The maximum atomic E-state index is 5.95. The van der Waals surface area contributed by atoms with Gasteiger partial charge in [0.15, 0.2) is 0 Å². The summed E-state index contributed by atoms with van der Waals surface area (Å²) in [6.45, 7) is 6.66. The predicted octanol–water partition coefficient (Wildman–Crippen LogP) is 3.33. The largest absolute Gasteiger partial charge is 0.493 e. The topological polar surface area (TPSA) is 44.5 Å². The van der Waals surface area contributed by atoms with Crippen molar-refractivity contribution in [3.8, 4) is 5.75 Å². The molecule has 1 unspecified atom stereocenters. The van der Waals surface area contributed by atoms with Crippen molar-refractivity contribution in [2.75, 3.05) is 19.8 Å². The van der Waals surface area contributed by atoms with Gasteiger partial charge in [-0.3, -0.25) is 0 Å². The summed E-state index contributed by atoms with van der Waals surface area (Å²) in [5, 5.41) is 0. The highest BCUT2D eigenvalue weighted by Crippen LogP contribution is 2.29. The van der Waals surface area contributed by atoms with Crippen LogP contribution in [0.15, 0.2) is 18.2 Å². The summed E-state index contributed by atoms with van der Waals surface area (Å²) in [7, 11) is 0. The molecule has 0 heterocycles. The molecule has 1 atom stereocenters. The van der Waals surface area contributed by atoms with Crippen molar-refractivity contribution in [2.24, 2.45) is 11.7 Å². The molecule has 1 aliphatic carbocycles. The van der Waals surface area contributed by atoms with Gasteiger partial charge in [0, 0.05) is 12.6 Å². The molecule has 3 nitrogen and oxygen atoms in total. The summed E-state index contributed by atoms with van der Waals surface area (Å²) in [5.41, 5.74) is 8.48. The van der Waals surface area contributed by atoms with E-state index in [0.29, 0.717) is 0 Å². The van der Waals surface area contributed by atoms with Gasteiger partial charge in [0.2, 0.25) is 0 Å². The lowest BCUT2D eigenvalue weighted by Gasteiger charge is -2.14. The van der Waals surface area contributed by atoms with Gasteiger partial charge in [-0.05, 0) is 62.1 Å². The molecule has 2 rings (SSSR count). The van der Waals surface area contributed by atoms with E-state index < -0.39 is 0 Å². The highest BCUT2D eigenvalue weighted by Gasteiger charge is 2.20. The molecule has 21 heavy (non-hydrogen) atoms. The van der Waals surface area contributed by atoms with E-state index in [1.54, 1.807) is 0 Å². The van der Waals surface area contributed by atoms with Crippen LogP contribution in [0.25, 0.3) is 0 Å². The molecule has 0 bridgehead atoms. The summed E-state index contributed by atoms with van der Waals surface area (Å²) in [6.07, 6.45) is 5.54. The quantitative estimate of drug-likeness (QED) is 0.672. The molecule has 1 fully saturated rings. The molecule has 0 spiro atoms. The zero-order valence-electron chi connectivity index (χ0n) is 13.4. The molecule has 2 N–H and O–H groups in total. The first-order chi connectivity index (χ1) is 10.2. The molecule has 3 heteroatoms. The third-order valence-corrected chi connectivity index (χ3v) is 3.71. The zero-order valence-corrected chi connectivity index (χ0v) is 13.4. The van der Waals surface area contributed by atoms with Crippen molar-refractivity contribution in [1.29, 1.82) is 0 Å². The summed E-state index contributed by atoms with van der Waals surface area (Å²) < 4.78 is 11.5. The van der Waals surface area contributed by atoms with Crippen molar-refractivity contribution >= 4 is 0 Å². The molecule has 1 aromatic carbocycles. The lowest BCUT2D eigenvalue weighted by molar-refractivity contribution is 0.127. The summed E-state index contributed by atoms with van der Waals surface area (Å²) in [6, 6.07) is 6.62. The van der Waals surface area contributed by atoms with Gasteiger partial charge >= 0.3 is 0 Å². The fourth-order valence-electron chi connectivity index (χ4n) is 2.37. The van der Waals surface area contributed by atoms with E-state index in [1.165, 1.54) is 24.0 Å². The zero-order chi connectivity index (χ0) is 15.1. The maximum absolute atomic E-state index is 5.95. The fourth-order valence-corrected chi connectivity index (χ4v) is 2.37. The molecular formula is C18H29NO2. The van der Waals surface area contributed by atoms with Crippen LogP contribution in [0.5, 0.6) is 5.75 Å². The Balaban J connectivity index is 1.90. The number of benzene rings is 1. The van der Waals surface area contributed by atoms with Gasteiger partial charge in [-0.1, -0.05) is 19.1 Å². The van der Waals surface area contributed by atoms with E-state index >= 15 is 0 Å². The van der Waals surface area contributed by atoms with Gasteiger partial charge in [0.25, 0.3) is 0 Å². The van der Waals surface area contributed by atoms with Crippen molar-refractivity contribution in [2.45, 2.75) is 52.0 Å². The van der Waals surface area contributed by atoms with Crippen molar-refractivity contribution in [3.63, 3.8) is 0 Å². The summed E-state index contributed by atoms with van der Waals surface area (Å²) in [5.74, 6) is 1.82. The molecule has 0 radical (unpaired) electrons. The average molecular weight is 291 g/mol. The first-order valence-corrected chi connectivity index (χ1v) is 8.27. The third-order valence-electron chi connectivity index (χ3n) is 3.71. The average Bonchev–Trinajstić information content (AvgIpc) is 3.26. The van der Waals surface area contributed by atoms with Gasteiger partial charge < -0.3 is 15.2 Å². The van der Waals surface area contributed by atoms with Crippen molar-refractivity contribution < 1.29 is 9.47 Å². The van der Waals surface area contributed by atoms with E-state index in [9.17, 15) is 0 Å². The van der Waals surface area contributed by atoms with Gasteiger partial charge in [-0.25, -0.2) is 0 Å². The second-order valence-electron chi connectivity index (χ2n) is 6.24. The molecule has 0 aromatic heterocycles. The van der Waals surface area contributed by atoms with Crippen LogP contribution >= 0.6 is 0 Å². The molecule has 1 aliphatic rings. The molecule has 0 amide bonds. The lowest BCUT2D eigenvalue weighted by atomic mass is 10.0. The minimum atomic E-state index is 0.148. The number of nitrogens with two attached hydrogens (primary N) is 1. The predicted molar refractivity (Wildman–Crippen MR) is 86.8 cm³/mol. The monoisotopic (exact) mass is 291 g/mol. The molecule has 118 valence electrons. The van der Waals surface area contributed by atoms with Crippen LogP contribution in [0.2, 0.25) is 0 Å². The fraction of sp³-hybridized carbons (Fsp3) is 0.667. The Kier molecular flexibility index (Phi) is 6.52. The Bertz CT molecular complexity index is 427. The lowest BCUT2D eigenvalue weighted by Crippen LogP contribution is -2.18. The Labute approximate surface area is 128 Å². The Morgan fingerprint density at radius 3 is 2.76 bits per heavy atom. The first kappa shape index (κ1) is 16.3. The van der Waals surface area contributed by atoms with Gasteiger partial charge in [0.05, 0.1) is 13.2 Å². The van der Waals surface area contributed by atoms with E-state index in [2.05, 4.69) is 25.1 Å². The van der Waals surface area contributed by atoms with Crippen LogP contribution in [0.3, 0.4) is 0 Å². The third kappa shape index (κ3) is 6.06. The van der Waals surface area contributed by atoms with Gasteiger partial charge in [-0.2, -0.15) is 0 Å². The Morgan fingerprint density at radius 1 is 1.29 bits per heavy atom. The number of rotatable bonds is 10. The van der Waals surface area contributed by atoms with Gasteiger partial charge in [-0.15, -0.1) is 0 Å². The van der Waals surface area contributed by atoms with E-state index in [-0.39, 0.29) is 6.04 Å². The number of ether oxygens (including phenoxy) is 2. The van der Waals surface area contributed by atoms with Crippen LogP contribution in [0, 0.1) is 5.92 Å². The molecule has 0 saturated heterocycles. The van der Waals surface area contributed by atoms with Crippen LogP contribution in [0.1, 0.15) is 44.2 Å². The standard InChI is InChI=1S/C18H29NO2/c1-3-9-21-18-7-6-15(12-17(18)11-14(2)19)8-10-20-13-16-4-5-16/h6-7,12,14,16H,3-5,8-11,13,19H2,1-2H3. The van der Waals surface area contributed by atoms with Crippen LogP contribution in [-0.4, -0.2) is 25.9 Å². The minimum Gasteiger partial charge on any atom is -0.493 e. The number of hydrogen-bond donors (Lipinski definition) is 1. The summed E-state index contributed by atoms with van der Waals surface area (Å²) >= 11 is 0.